The van der Waals surface area contributed by atoms with Crippen LogP contribution in [0.25, 0.3) is 0 Å². The molecular formula is C12H19N3. The second-order valence-corrected chi connectivity index (χ2v) is 4.25. The van der Waals surface area contributed by atoms with E-state index in [0.29, 0.717) is 12.6 Å². The molecule has 1 aliphatic rings. The smallest absolute Gasteiger partial charge is 0.0400 e. The van der Waals surface area contributed by atoms with Crippen molar-refractivity contribution in [1.29, 1.82) is 0 Å². The lowest BCUT2D eigenvalue weighted by Crippen LogP contribution is -2.24. The molecule has 82 valence electrons. The van der Waals surface area contributed by atoms with Crippen molar-refractivity contribution in [2.75, 3.05) is 25.5 Å². The van der Waals surface area contributed by atoms with Crippen LogP contribution in [0, 0.1) is 0 Å². The minimum atomic E-state index is 0.572. The molecular weight excluding hydrogens is 186 g/mol. The van der Waals surface area contributed by atoms with Crippen LogP contribution in [-0.2, 0) is 6.54 Å². The monoisotopic (exact) mass is 205 g/mol. The SMILES string of the molecule is CN1CCC(Nc2ccccc2CN)C1. The molecule has 0 aromatic heterocycles. The molecule has 1 aromatic rings. The van der Waals surface area contributed by atoms with E-state index in [1.165, 1.54) is 24.2 Å². The summed E-state index contributed by atoms with van der Waals surface area (Å²) in [6.45, 7) is 2.91. The molecule has 3 nitrogen and oxygen atoms in total. The van der Waals surface area contributed by atoms with Crippen molar-refractivity contribution in [3.63, 3.8) is 0 Å². The Morgan fingerprint density at radius 3 is 2.93 bits per heavy atom. The standard InChI is InChI=1S/C12H19N3/c1-15-7-6-11(9-15)14-12-5-3-2-4-10(12)8-13/h2-5,11,14H,6-9,13H2,1H3. The zero-order chi connectivity index (χ0) is 10.7. The lowest BCUT2D eigenvalue weighted by molar-refractivity contribution is 0.414. The summed E-state index contributed by atoms with van der Waals surface area (Å²) in [6.07, 6.45) is 1.22. The van der Waals surface area contributed by atoms with Gasteiger partial charge in [-0.25, -0.2) is 0 Å². The molecule has 2 rings (SSSR count). The van der Waals surface area contributed by atoms with Crippen LogP contribution < -0.4 is 11.1 Å². The molecule has 1 saturated heterocycles. The first kappa shape index (κ1) is 10.5. The van der Waals surface area contributed by atoms with Gasteiger partial charge in [-0.3, -0.25) is 0 Å². The number of likely N-dealkylation sites (tertiary alicyclic amines) is 1. The van der Waals surface area contributed by atoms with Crippen LogP contribution >= 0.6 is 0 Å². The third-order valence-electron chi connectivity index (χ3n) is 2.99. The van der Waals surface area contributed by atoms with Gasteiger partial charge in [0.05, 0.1) is 0 Å². The van der Waals surface area contributed by atoms with Crippen molar-refractivity contribution >= 4 is 5.69 Å². The number of benzene rings is 1. The first-order chi connectivity index (χ1) is 7.29. The van der Waals surface area contributed by atoms with Crippen molar-refractivity contribution in [1.82, 2.24) is 4.90 Å². The molecule has 1 atom stereocenters. The van der Waals surface area contributed by atoms with Crippen molar-refractivity contribution < 1.29 is 0 Å². The molecule has 3 heteroatoms. The minimum absolute atomic E-state index is 0.572. The van der Waals surface area contributed by atoms with Crippen LogP contribution in [0.15, 0.2) is 24.3 Å². The number of hydrogen-bond acceptors (Lipinski definition) is 3. The fourth-order valence-corrected chi connectivity index (χ4v) is 2.11. The first-order valence-corrected chi connectivity index (χ1v) is 5.52. The molecule has 0 spiro atoms. The van der Waals surface area contributed by atoms with Gasteiger partial charge < -0.3 is 16.0 Å². The average molecular weight is 205 g/mol. The van der Waals surface area contributed by atoms with Crippen LogP contribution in [-0.4, -0.2) is 31.1 Å². The summed E-state index contributed by atoms with van der Waals surface area (Å²) in [4.78, 5) is 2.35. The van der Waals surface area contributed by atoms with E-state index in [9.17, 15) is 0 Å². The van der Waals surface area contributed by atoms with Crippen LogP contribution in [0.3, 0.4) is 0 Å². The zero-order valence-electron chi connectivity index (χ0n) is 9.24. The van der Waals surface area contributed by atoms with Crippen LogP contribution in [0.4, 0.5) is 5.69 Å². The third-order valence-corrected chi connectivity index (χ3v) is 2.99. The summed E-state index contributed by atoms with van der Waals surface area (Å²) in [6, 6.07) is 8.86. The maximum Gasteiger partial charge on any atom is 0.0400 e. The van der Waals surface area contributed by atoms with Gasteiger partial charge in [-0.05, 0) is 31.6 Å². The molecule has 15 heavy (non-hydrogen) atoms. The molecule has 0 radical (unpaired) electrons. The van der Waals surface area contributed by atoms with Gasteiger partial charge in [0.1, 0.15) is 0 Å². The Kier molecular flexibility index (Phi) is 3.23. The molecule has 3 N–H and O–H groups in total. The van der Waals surface area contributed by atoms with Gasteiger partial charge in [0.25, 0.3) is 0 Å². The highest BCUT2D eigenvalue weighted by Crippen LogP contribution is 2.18. The Bertz CT molecular complexity index is 324. The Labute approximate surface area is 91.3 Å². The molecule has 1 heterocycles. The molecule has 1 unspecified atom stereocenters. The van der Waals surface area contributed by atoms with E-state index < -0.39 is 0 Å². The summed E-state index contributed by atoms with van der Waals surface area (Å²) < 4.78 is 0. The lowest BCUT2D eigenvalue weighted by atomic mass is 10.1. The van der Waals surface area contributed by atoms with E-state index in [4.69, 9.17) is 5.73 Å². The highest BCUT2D eigenvalue weighted by Gasteiger charge is 2.19. The predicted octanol–water partition coefficient (Wildman–Crippen LogP) is 1.26. The second-order valence-electron chi connectivity index (χ2n) is 4.25. The minimum Gasteiger partial charge on any atom is -0.381 e. The van der Waals surface area contributed by atoms with Crippen LogP contribution in [0.1, 0.15) is 12.0 Å². The van der Waals surface area contributed by atoms with Crippen molar-refractivity contribution in [2.45, 2.75) is 19.0 Å². The maximum absolute atomic E-state index is 5.70. The largest absolute Gasteiger partial charge is 0.381 e. The third kappa shape index (κ3) is 2.49. The number of anilines is 1. The molecule has 1 aromatic carbocycles. The number of hydrogen-bond donors (Lipinski definition) is 2. The highest BCUT2D eigenvalue weighted by atomic mass is 15.2. The number of nitrogens with zero attached hydrogens (tertiary/aromatic N) is 1. The Morgan fingerprint density at radius 1 is 1.47 bits per heavy atom. The number of rotatable bonds is 3. The van der Waals surface area contributed by atoms with E-state index in [-0.39, 0.29) is 0 Å². The van der Waals surface area contributed by atoms with E-state index in [2.05, 4.69) is 35.5 Å². The van der Waals surface area contributed by atoms with Gasteiger partial charge in [0.15, 0.2) is 0 Å². The normalized spacial score (nSPS) is 21.9. The lowest BCUT2D eigenvalue weighted by Gasteiger charge is -2.16. The van der Waals surface area contributed by atoms with Gasteiger partial charge in [0.2, 0.25) is 0 Å². The Hall–Kier alpha value is -1.06. The van der Waals surface area contributed by atoms with Gasteiger partial charge in [-0.15, -0.1) is 0 Å². The molecule has 0 amide bonds. The fourth-order valence-electron chi connectivity index (χ4n) is 2.11. The van der Waals surface area contributed by atoms with Crippen molar-refractivity contribution in [3.05, 3.63) is 29.8 Å². The molecule has 0 aliphatic carbocycles. The summed E-state index contributed by atoms with van der Waals surface area (Å²) >= 11 is 0. The first-order valence-electron chi connectivity index (χ1n) is 5.52. The van der Waals surface area contributed by atoms with E-state index in [1.807, 2.05) is 6.07 Å². The Morgan fingerprint density at radius 2 is 2.27 bits per heavy atom. The highest BCUT2D eigenvalue weighted by molar-refractivity contribution is 5.51. The summed E-state index contributed by atoms with van der Waals surface area (Å²) in [5, 5.41) is 3.57. The fraction of sp³-hybridized carbons (Fsp3) is 0.500. The van der Waals surface area contributed by atoms with Gasteiger partial charge in [-0.2, -0.15) is 0 Å². The van der Waals surface area contributed by atoms with E-state index >= 15 is 0 Å². The molecule has 1 fully saturated rings. The average Bonchev–Trinajstić information content (AvgIpc) is 2.65. The number of nitrogens with one attached hydrogen (secondary N) is 1. The topological polar surface area (TPSA) is 41.3 Å². The molecule has 0 saturated carbocycles. The van der Waals surface area contributed by atoms with E-state index in [0.717, 1.165) is 6.54 Å². The van der Waals surface area contributed by atoms with Gasteiger partial charge in [-0.1, -0.05) is 18.2 Å². The van der Waals surface area contributed by atoms with Gasteiger partial charge >= 0.3 is 0 Å². The molecule has 0 bridgehead atoms. The Balaban J connectivity index is 2.04. The maximum atomic E-state index is 5.70. The quantitative estimate of drug-likeness (QED) is 0.780. The summed E-state index contributed by atoms with van der Waals surface area (Å²) in [5.41, 5.74) is 8.10. The number of nitrogens with two attached hydrogens (primary N) is 1. The summed E-state index contributed by atoms with van der Waals surface area (Å²) in [5.74, 6) is 0. The second kappa shape index (κ2) is 4.64. The van der Waals surface area contributed by atoms with E-state index in [1.54, 1.807) is 0 Å². The summed E-state index contributed by atoms with van der Waals surface area (Å²) in [7, 11) is 2.16. The molecule has 1 aliphatic heterocycles. The number of likely N-dealkylation sites (N-methyl/N-ethyl adjacent to an activating group) is 1. The number of para-hydroxylation sites is 1. The van der Waals surface area contributed by atoms with Gasteiger partial charge in [0, 0.05) is 24.8 Å². The zero-order valence-corrected chi connectivity index (χ0v) is 9.24. The van der Waals surface area contributed by atoms with Crippen LogP contribution in [0.2, 0.25) is 0 Å². The van der Waals surface area contributed by atoms with Crippen molar-refractivity contribution in [3.8, 4) is 0 Å². The predicted molar refractivity (Wildman–Crippen MR) is 63.9 cm³/mol. The van der Waals surface area contributed by atoms with Crippen molar-refractivity contribution in [2.24, 2.45) is 5.73 Å². The van der Waals surface area contributed by atoms with Crippen LogP contribution in [0.5, 0.6) is 0 Å².